The molecule has 5 nitrogen and oxygen atoms in total. The zero-order valence-corrected chi connectivity index (χ0v) is 16.7. The molecular weight excluding hydrogens is 371 g/mol. The first-order chi connectivity index (χ1) is 14.0. The van der Waals surface area contributed by atoms with Crippen molar-refractivity contribution in [3.05, 3.63) is 65.1 Å². The standard InChI is InChI=1S/C23H23FN2O3/c1-14-18(11-15-6-8-17(24)13-19(15)25-14)23(27)26-10-4-5-20(26)16-7-9-21(28-2)22(12-16)29-3/h6-9,11-13,20H,4-5,10H2,1-3H3/t20-/m0/s1. The molecule has 6 heteroatoms. The van der Waals surface area contributed by atoms with Gasteiger partial charge >= 0.3 is 0 Å². The Morgan fingerprint density at radius 3 is 2.66 bits per heavy atom. The van der Waals surface area contributed by atoms with Gasteiger partial charge in [-0.15, -0.1) is 0 Å². The van der Waals surface area contributed by atoms with E-state index < -0.39 is 0 Å². The first kappa shape index (κ1) is 19.2. The highest BCUT2D eigenvalue weighted by atomic mass is 19.1. The number of ether oxygens (including phenoxy) is 2. The third kappa shape index (κ3) is 3.50. The summed E-state index contributed by atoms with van der Waals surface area (Å²) in [6, 6.07) is 12.0. The van der Waals surface area contributed by atoms with Crippen molar-refractivity contribution >= 4 is 16.8 Å². The van der Waals surface area contributed by atoms with Crippen LogP contribution in [0.4, 0.5) is 4.39 Å². The maximum absolute atomic E-state index is 13.5. The lowest BCUT2D eigenvalue weighted by molar-refractivity contribution is 0.0734. The van der Waals surface area contributed by atoms with Gasteiger partial charge < -0.3 is 14.4 Å². The van der Waals surface area contributed by atoms with Crippen molar-refractivity contribution < 1.29 is 18.7 Å². The fraction of sp³-hybridized carbons (Fsp3) is 0.304. The summed E-state index contributed by atoms with van der Waals surface area (Å²) in [5.41, 5.74) is 2.72. The molecule has 150 valence electrons. The SMILES string of the molecule is COc1ccc([C@@H]2CCCN2C(=O)c2cc3ccc(F)cc3nc2C)cc1OC. The van der Waals surface area contributed by atoms with Crippen LogP contribution in [0.3, 0.4) is 0 Å². The molecule has 1 amide bonds. The van der Waals surface area contributed by atoms with E-state index in [1.165, 1.54) is 12.1 Å². The molecule has 2 heterocycles. The normalized spacial score (nSPS) is 16.3. The number of aromatic nitrogens is 1. The molecule has 1 atom stereocenters. The van der Waals surface area contributed by atoms with E-state index in [0.717, 1.165) is 23.8 Å². The predicted octanol–water partition coefficient (Wildman–Crippen LogP) is 4.68. The van der Waals surface area contributed by atoms with Gasteiger partial charge in [0.15, 0.2) is 11.5 Å². The highest BCUT2D eigenvalue weighted by molar-refractivity contribution is 5.99. The Labute approximate surface area is 169 Å². The van der Waals surface area contributed by atoms with Crippen LogP contribution < -0.4 is 9.47 Å². The lowest BCUT2D eigenvalue weighted by Gasteiger charge is -2.26. The molecule has 0 spiro atoms. The van der Waals surface area contributed by atoms with E-state index in [4.69, 9.17) is 9.47 Å². The van der Waals surface area contributed by atoms with Crippen LogP contribution in [0.2, 0.25) is 0 Å². The Balaban J connectivity index is 1.69. The zero-order chi connectivity index (χ0) is 20.5. The Morgan fingerprint density at radius 2 is 1.90 bits per heavy atom. The quantitative estimate of drug-likeness (QED) is 0.645. The number of aryl methyl sites for hydroxylation is 1. The molecule has 0 bridgehead atoms. The molecule has 1 aromatic heterocycles. The topological polar surface area (TPSA) is 51.7 Å². The number of likely N-dealkylation sites (tertiary alicyclic amines) is 1. The van der Waals surface area contributed by atoms with Crippen LogP contribution in [0, 0.1) is 12.7 Å². The van der Waals surface area contributed by atoms with Crippen LogP contribution in [-0.4, -0.2) is 36.6 Å². The number of rotatable bonds is 4. The number of benzene rings is 2. The summed E-state index contributed by atoms with van der Waals surface area (Å²) in [6.45, 7) is 2.47. The molecule has 3 aromatic rings. The van der Waals surface area contributed by atoms with E-state index in [-0.39, 0.29) is 17.8 Å². The van der Waals surface area contributed by atoms with E-state index in [1.54, 1.807) is 27.2 Å². The Kier molecular flexibility index (Phi) is 5.09. The van der Waals surface area contributed by atoms with Gasteiger partial charge in [-0.25, -0.2) is 4.39 Å². The number of amides is 1. The summed E-state index contributed by atoms with van der Waals surface area (Å²) in [5, 5.41) is 0.752. The Bertz CT molecular complexity index is 1080. The van der Waals surface area contributed by atoms with Crippen molar-refractivity contribution in [2.45, 2.75) is 25.8 Å². The molecular formula is C23H23FN2O3. The molecule has 0 unspecified atom stereocenters. The minimum atomic E-state index is -0.337. The Morgan fingerprint density at radius 1 is 1.10 bits per heavy atom. The molecule has 0 radical (unpaired) electrons. The molecule has 2 aromatic carbocycles. The number of carbonyl (C=O) groups excluding carboxylic acids is 1. The average Bonchev–Trinajstić information content (AvgIpc) is 3.22. The van der Waals surface area contributed by atoms with Gasteiger partial charge in [0, 0.05) is 18.0 Å². The van der Waals surface area contributed by atoms with E-state index in [2.05, 4.69) is 4.98 Å². The van der Waals surface area contributed by atoms with Crippen LogP contribution in [0.15, 0.2) is 42.5 Å². The summed E-state index contributed by atoms with van der Waals surface area (Å²) in [7, 11) is 3.20. The number of hydrogen-bond acceptors (Lipinski definition) is 4. The highest BCUT2D eigenvalue weighted by Gasteiger charge is 2.32. The largest absolute Gasteiger partial charge is 0.493 e. The average molecular weight is 394 g/mol. The van der Waals surface area contributed by atoms with E-state index in [1.807, 2.05) is 29.2 Å². The van der Waals surface area contributed by atoms with Crippen molar-refractivity contribution in [2.24, 2.45) is 0 Å². The monoisotopic (exact) mass is 394 g/mol. The number of halogens is 1. The van der Waals surface area contributed by atoms with Gasteiger partial charge in [0.25, 0.3) is 5.91 Å². The second-order valence-electron chi connectivity index (χ2n) is 7.23. The van der Waals surface area contributed by atoms with Crippen molar-refractivity contribution in [2.75, 3.05) is 20.8 Å². The van der Waals surface area contributed by atoms with E-state index >= 15 is 0 Å². The van der Waals surface area contributed by atoms with Crippen molar-refractivity contribution in [3.8, 4) is 11.5 Å². The fourth-order valence-electron chi connectivity index (χ4n) is 4.02. The summed E-state index contributed by atoms with van der Waals surface area (Å²) in [6.07, 6.45) is 1.81. The zero-order valence-electron chi connectivity index (χ0n) is 16.7. The van der Waals surface area contributed by atoms with Gasteiger partial charge in [-0.3, -0.25) is 9.78 Å². The number of fused-ring (bicyclic) bond motifs is 1. The third-order valence-corrected chi connectivity index (χ3v) is 5.51. The molecule has 1 fully saturated rings. The van der Waals surface area contributed by atoms with Crippen LogP contribution in [0.25, 0.3) is 10.9 Å². The van der Waals surface area contributed by atoms with Gasteiger partial charge in [-0.2, -0.15) is 0 Å². The van der Waals surface area contributed by atoms with E-state index in [9.17, 15) is 9.18 Å². The maximum Gasteiger partial charge on any atom is 0.256 e. The van der Waals surface area contributed by atoms with E-state index in [0.29, 0.717) is 34.8 Å². The molecule has 1 aliphatic heterocycles. The molecule has 4 rings (SSSR count). The minimum Gasteiger partial charge on any atom is -0.493 e. The molecule has 0 N–H and O–H groups in total. The van der Waals surface area contributed by atoms with Crippen LogP contribution >= 0.6 is 0 Å². The van der Waals surface area contributed by atoms with Crippen molar-refractivity contribution in [1.29, 1.82) is 0 Å². The molecule has 0 aliphatic carbocycles. The number of hydrogen-bond donors (Lipinski definition) is 0. The number of nitrogens with zero attached hydrogens (tertiary/aromatic N) is 2. The van der Waals surface area contributed by atoms with Gasteiger partial charge in [-0.1, -0.05) is 6.07 Å². The van der Waals surface area contributed by atoms with Crippen molar-refractivity contribution in [3.63, 3.8) is 0 Å². The first-order valence-corrected chi connectivity index (χ1v) is 9.61. The summed E-state index contributed by atoms with van der Waals surface area (Å²) >= 11 is 0. The number of pyridine rings is 1. The predicted molar refractivity (Wildman–Crippen MR) is 109 cm³/mol. The van der Waals surface area contributed by atoms with Crippen molar-refractivity contribution in [1.82, 2.24) is 9.88 Å². The minimum absolute atomic E-state index is 0.0365. The van der Waals surface area contributed by atoms with Crippen LogP contribution in [0.1, 0.15) is 40.5 Å². The summed E-state index contributed by atoms with van der Waals surface area (Å²) in [5.74, 6) is 0.916. The van der Waals surface area contributed by atoms with Gasteiger partial charge in [0.05, 0.1) is 37.0 Å². The lowest BCUT2D eigenvalue weighted by atomic mass is 10.0. The summed E-state index contributed by atoms with van der Waals surface area (Å²) in [4.78, 5) is 19.7. The first-order valence-electron chi connectivity index (χ1n) is 9.61. The Hall–Kier alpha value is -3.15. The number of carbonyl (C=O) groups is 1. The number of methoxy groups -OCH3 is 2. The molecule has 0 saturated carbocycles. The third-order valence-electron chi connectivity index (χ3n) is 5.51. The molecule has 1 aliphatic rings. The summed E-state index contributed by atoms with van der Waals surface area (Å²) < 4.78 is 24.2. The fourth-order valence-corrected chi connectivity index (χ4v) is 4.02. The molecule has 29 heavy (non-hydrogen) atoms. The smallest absolute Gasteiger partial charge is 0.256 e. The van der Waals surface area contributed by atoms with Gasteiger partial charge in [0.2, 0.25) is 0 Å². The maximum atomic E-state index is 13.5. The van der Waals surface area contributed by atoms with Crippen LogP contribution in [0.5, 0.6) is 11.5 Å². The highest BCUT2D eigenvalue weighted by Crippen LogP contribution is 2.38. The second-order valence-corrected chi connectivity index (χ2v) is 7.23. The van der Waals surface area contributed by atoms with Gasteiger partial charge in [-0.05, 0) is 55.7 Å². The second kappa shape index (κ2) is 7.70. The van der Waals surface area contributed by atoms with Gasteiger partial charge in [0.1, 0.15) is 5.82 Å². The lowest BCUT2D eigenvalue weighted by Crippen LogP contribution is -2.31. The van der Waals surface area contributed by atoms with Crippen LogP contribution in [-0.2, 0) is 0 Å². The molecule has 1 saturated heterocycles.